The summed E-state index contributed by atoms with van der Waals surface area (Å²) in [5.74, 6) is 0. The Bertz CT molecular complexity index is 590. The fourth-order valence-corrected chi connectivity index (χ4v) is 3.17. The minimum atomic E-state index is 0.287. The number of hydrogen-bond donors (Lipinski definition) is 1. The minimum Gasteiger partial charge on any atom is -0.310 e. The molecule has 0 saturated carbocycles. The molecule has 1 unspecified atom stereocenters. The van der Waals surface area contributed by atoms with Crippen molar-refractivity contribution >= 4 is 35.0 Å². The molecular formula is C15H16Cl2N2S. The zero-order valence-electron chi connectivity index (χ0n) is 11.4. The van der Waals surface area contributed by atoms with E-state index in [9.17, 15) is 0 Å². The van der Waals surface area contributed by atoms with Crippen LogP contribution in [0.3, 0.4) is 0 Å². The highest BCUT2D eigenvalue weighted by molar-refractivity contribution is 7.99. The molecule has 106 valence electrons. The molecule has 2 nitrogen and oxygen atoms in total. The molecule has 0 aliphatic rings. The zero-order chi connectivity index (χ0) is 14.5. The second kappa shape index (κ2) is 7.32. The van der Waals surface area contributed by atoms with Crippen molar-refractivity contribution in [3.05, 3.63) is 52.1 Å². The van der Waals surface area contributed by atoms with Crippen LogP contribution in [0, 0.1) is 0 Å². The molecule has 0 spiro atoms. The molecule has 1 aromatic carbocycles. The molecular weight excluding hydrogens is 311 g/mol. The molecule has 1 heterocycles. The van der Waals surface area contributed by atoms with Gasteiger partial charge in [-0.25, -0.2) is 4.98 Å². The molecule has 0 aliphatic carbocycles. The number of aromatic nitrogens is 1. The quantitative estimate of drug-likeness (QED) is 0.816. The highest BCUT2D eigenvalue weighted by Crippen LogP contribution is 2.36. The zero-order valence-corrected chi connectivity index (χ0v) is 13.7. The van der Waals surface area contributed by atoms with Crippen LogP contribution >= 0.6 is 35.0 Å². The van der Waals surface area contributed by atoms with E-state index in [2.05, 4.69) is 30.2 Å². The Morgan fingerprint density at radius 2 is 2.05 bits per heavy atom. The molecule has 20 heavy (non-hydrogen) atoms. The molecule has 0 bridgehead atoms. The monoisotopic (exact) mass is 326 g/mol. The molecule has 0 aliphatic heterocycles. The van der Waals surface area contributed by atoms with Crippen LogP contribution in [0.5, 0.6) is 0 Å². The number of nitrogens with zero attached hydrogens (tertiary/aromatic N) is 1. The maximum Gasteiger partial charge on any atom is 0.119 e. The number of halogens is 2. The average Bonchev–Trinajstić information content (AvgIpc) is 2.43. The number of nitrogens with one attached hydrogen (secondary N) is 1. The van der Waals surface area contributed by atoms with E-state index in [4.69, 9.17) is 23.2 Å². The van der Waals surface area contributed by atoms with E-state index < -0.39 is 0 Å². The highest BCUT2D eigenvalue weighted by Gasteiger charge is 2.10. The third-order valence-corrected chi connectivity index (χ3v) is 4.83. The van der Waals surface area contributed by atoms with Crippen molar-refractivity contribution in [1.29, 1.82) is 0 Å². The van der Waals surface area contributed by atoms with Gasteiger partial charge in [0.15, 0.2) is 0 Å². The highest BCUT2D eigenvalue weighted by atomic mass is 35.5. The van der Waals surface area contributed by atoms with Crippen LogP contribution in [0.15, 0.2) is 46.5 Å². The fraction of sp³-hybridized carbons (Fsp3) is 0.267. The lowest BCUT2D eigenvalue weighted by Gasteiger charge is -2.14. The first kappa shape index (κ1) is 15.6. The molecule has 5 heteroatoms. The molecule has 1 aromatic heterocycles. The summed E-state index contributed by atoms with van der Waals surface area (Å²) in [4.78, 5) is 5.22. The van der Waals surface area contributed by atoms with Gasteiger partial charge >= 0.3 is 0 Å². The number of rotatable bonds is 5. The summed E-state index contributed by atoms with van der Waals surface area (Å²) in [6, 6.07) is 10.0. The Kier molecular flexibility index (Phi) is 5.73. The van der Waals surface area contributed by atoms with Crippen LogP contribution in [-0.4, -0.2) is 11.5 Å². The Morgan fingerprint density at radius 1 is 1.25 bits per heavy atom. The van der Waals surface area contributed by atoms with Crippen LogP contribution in [0.25, 0.3) is 0 Å². The van der Waals surface area contributed by atoms with Gasteiger partial charge in [0.1, 0.15) is 5.03 Å². The van der Waals surface area contributed by atoms with Crippen molar-refractivity contribution in [2.24, 2.45) is 0 Å². The Labute approximate surface area is 133 Å². The van der Waals surface area contributed by atoms with Crippen LogP contribution < -0.4 is 5.32 Å². The van der Waals surface area contributed by atoms with E-state index in [-0.39, 0.29) is 6.04 Å². The van der Waals surface area contributed by atoms with Gasteiger partial charge in [0, 0.05) is 17.1 Å². The first-order chi connectivity index (χ1) is 9.61. The number of benzene rings is 1. The first-order valence-electron chi connectivity index (χ1n) is 6.43. The van der Waals surface area contributed by atoms with E-state index in [1.54, 1.807) is 6.20 Å². The molecule has 0 amide bonds. The van der Waals surface area contributed by atoms with E-state index >= 15 is 0 Å². The van der Waals surface area contributed by atoms with Gasteiger partial charge in [-0.15, -0.1) is 0 Å². The van der Waals surface area contributed by atoms with Crippen LogP contribution in [0.2, 0.25) is 10.0 Å². The van der Waals surface area contributed by atoms with Crippen LogP contribution in [-0.2, 0) is 0 Å². The molecule has 0 saturated heterocycles. The predicted molar refractivity (Wildman–Crippen MR) is 86.9 cm³/mol. The molecule has 1 N–H and O–H groups in total. The van der Waals surface area contributed by atoms with Gasteiger partial charge in [-0.1, -0.05) is 48.0 Å². The maximum atomic E-state index is 6.36. The molecule has 2 rings (SSSR count). The van der Waals surface area contributed by atoms with Crippen molar-refractivity contribution in [3.63, 3.8) is 0 Å². The Hall–Kier alpha value is -0.740. The summed E-state index contributed by atoms with van der Waals surface area (Å²) in [5.41, 5.74) is 1.17. The van der Waals surface area contributed by atoms with Gasteiger partial charge in [-0.05, 0) is 43.3 Å². The molecule has 2 aromatic rings. The second-order valence-electron chi connectivity index (χ2n) is 4.36. The lowest BCUT2D eigenvalue weighted by Crippen LogP contribution is -2.17. The van der Waals surface area contributed by atoms with Gasteiger partial charge in [-0.2, -0.15) is 0 Å². The van der Waals surface area contributed by atoms with Gasteiger partial charge in [-0.3, -0.25) is 0 Å². The van der Waals surface area contributed by atoms with Crippen molar-refractivity contribution in [2.75, 3.05) is 6.54 Å². The van der Waals surface area contributed by atoms with Crippen molar-refractivity contribution < 1.29 is 0 Å². The van der Waals surface area contributed by atoms with Crippen LogP contribution in [0.1, 0.15) is 25.5 Å². The lowest BCUT2D eigenvalue weighted by atomic mass is 10.1. The minimum absolute atomic E-state index is 0.287. The number of hydrogen-bond acceptors (Lipinski definition) is 3. The third kappa shape index (κ3) is 3.89. The van der Waals surface area contributed by atoms with Gasteiger partial charge in [0.2, 0.25) is 0 Å². The largest absolute Gasteiger partial charge is 0.310 e. The molecule has 0 radical (unpaired) electrons. The van der Waals surface area contributed by atoms with Crippen molar-refractivity contribution in [1.82, 2.24) is 10.3 Å². The predicted octanol–water partition coefficient (Wildman–Crippen LogP) is 5.21. The maximum absolute atomic E-state index is 6.36. The van der Waals surface area contributed by atoms with Gasteiger partial charge in [0.05, 0.1) is 10.0 Å². The van der Waals surface area contributed by atoms with Crippen molar-refractivity contribution in [2.45, 2.75) is 29.8 Å². The van der Waals surface area contributed by atoms with E-state index in [0.717, 1.165) is 21.5 Å². The standard InChI is InChI=1S/C15H16Cl2N2S/c1-3-18-10(2)11-6-7-14(13(17)9-11)20-15-12(16)5-4-8-19-15/h4-10,18H,3H2,1-2H3. The fourth-order valence-electron chi connectivity index (χ4n) is 1.84. The summed E-state index contributed by atoms with van der Waals surface area (Å²) in [6.45, 7) is 5.14. The first-order valence-corrected chi connectivity index (χ1v) is 8.00. The van der Waals surface area contributed by atoms with E-state index in [1.807, 2.05) is 24.3 Å². The lowest BCUT2D eigenvalue weighted by molar-refractivity contribution is 0.598. The summed E-state index contributed by atoms with van der Waals surface area (Å²) in [5, 5.41) is 5.49. The van der Waals surface area contributed by atoms with E-state index in [0.29, 0.717) is 5.02 Å². The topological polar surface area (TPSA) is 24.9 Å². The Morgan fingerprint density at radius 3 is 2.70 bits per heavy atom. The van der Waals surface area contributed by atoms with Gasteiger partial charge in [0.25, 0.3) is 0 Å². The molecule has 1 atom stereocenters. The summed E-state index contributed by atoms with van der Waals surface area (Å²) in [6.07, 6.45) is 1.73. The molecule has 0 fully saturated rings. The third-order valence-electron chi connectivity index (χ3n) is 2.90. The van der Waals surface area contributed by atoms with Crippen molar-refractivity contribution in [3.8, 4) is 0 Å². The smallest absolute Gasteiger partial charge is 0.119 e. The Balaban J connectivity index is 2.20. The number of pyridine rings is 1. The van der Waals surface area contributed by atoms with Crippen LogP contribution in [0.4, 0.5) is 0 Å². The van der Waals surface area contributed by atoms with E-state index in [1.165, 1.54) is 17.3 Å². The van der Waals surface area contributed by atoms with Gasteiger partial charge < -0.3 is 5.32 Å². The average molecular weight is 327 g/mol. The normalized spacial score (nSPS) is 12.4. The SMILES string of the molecule is CCNC(C)c1ccc(Sc2ncccc2Cl)c(Cl)c1. The summed E-state index contributed by atoms with van der Waals surface area (Å²) < 4.78 is 0. The summed E-state index contributed by atoms with van der Waals surface area (Å²) >= 11 is 13.9. The summed E-state index contributed by atoms with van der Waals surface area (Å²) in [7, 11) is 0. The second-order valence-corrected chi connectivity index (χ2v) is 6.21.